The minimum atomic E-state index is 0. The van der Waals surface area contributed by atoms with E-state index in [4.69, 9.17) is 0 Å². The summed E-state index contributed by atoms with van der Waals surface area (Å²) in [5.74, 6) is 0. The Balaban J connectivity index is 0.000000810. The SMILES string of the molecule is CC(P)c1ccccc1.[Y]. The smallest absolute Gasteiger partial charge is 0 e. The van der Waals surface area contributed by atoms with Gasteiger partial charge in [-0.3, -0.25) is 0 Å². The van der Waals surface area contributed by atoms with Crippen molar-refractivity contribution >= 4 is 9.24 Å². The Morgan fingerprint density at radius 2 is 1.70 bits per heavy atom. The molecule has 0 amide bonds. The van der Waals surface area contributed by atoms with Gasteiger partial charge in [0.1, 0.15) is 0 Å². The Bertz CT molecular complexity index is 172. The molecule has 0 bridgehead atoms. The molecule has 0 N–H and O–H groups in total. The van der Waals surface area contributed by atoms with Gasteiger partial charge >= 0.3 is 0 Å². The molecule has 0 spiro atoms. The Hall–Kier alpha value is 0.754. The van der Waals surface area contributed by atoms with E-state index in [9.17, 15) is 0 Å². The summed E-state index contributed by atoms with van der Waals surface area (Å²) in [5, 5.41) is 0. The van der Waals surface area contributed by atoms with Crippen molar-refractivity contribution in [3.8, 4) is 0 Å². The molecule has 2 unspecified atom stereocenters. The normalized spacial score (nSPS) is 11.8. The second-order valence-electron chi connectivity index (χ2n) is 2.20. The molecule has 1 rings (SSSR count). The molecule has 0 saturated heterocycles. The van der Waals surface area contributed by atoms with Gasteiger partial charge in [-0.25, -0.2) is 0 Å². The van der Waals surface area contributed by atoms with E-state index in [2.05, 4.69) is 40.4 Å². The zero-order chi connectivity index (χ0) is 6.69. The van der Waals surface area contributed by atoms with E-state index in [0.717, 1.165) is 0 Å². The molecule has 1 radical (unpaired) electrons. The molecule has 0 aliphatic rings. The number of hydrogen-bond donors (Lipinski definition) is 0. The Morgan fingerprint density at radius 1 is 1.20 bits per heavy atom. The van der Waals surface area contributed by atoms with Crippen LogP contribution in [-0.2, 0) is 32.7 Å². The topological polar surface area (TPSA) is 0 Å². The summed E-state index contributed by atoms with van der Waals surface area (Å²) in [5.41, 5.74) is 1.95. The van der Waals surface area contributed by atoms with E-state index in [1.807, 2.05) is 6.07 Å². The number of hydrogen-bond acceptors (Lipinski definition) is 0. The predicted molar refractivity (Wildman–Crippen MR) is 44.6 cm³/mol. The molecule has 0 fully saturated rings. The molecule has 0 aromatic heterocycles. The first kappa shape index (κ1) is 10.8. The van der Waals surface area contributed by atoms with Crippen molar-refractivity contribution in [3.05, 3.63) is 35.9 Å². The van der Waals surface area contributed by atoms with Gasteiger partial charge in [-0.2, -0.15) is 0 Å². The zero-order valence-electron chi connectivity index (χ0n) is 6.12. The quantitative estimate of drug-likeness (QED) is 0.647. The van der Waals surface area contributed by atoms with Crippen molar-refractivity contribution in [1.29, 1.82) is 0 Å². The van der Waals surface area contributed by atoms with Crippen LogP contribution in [0.2, 0.25) is 0 Å². The third-order valence-electron chi connectivity index (χ3n) is 1.33. The molecule has 0 nitrogen and oxygen atoms in total. The minimum absolute atomic E-state index is 0. The van der Waals surface area contributed by atoms with Gasteiger partial charge < -0.3 is 0 Å². The largest absolute Gasteiger partial charge is 0.130 e. The van der Waals surface area contributed by atoms with Crippen molar-refractivity contribution in [2.24, 2.45) is 0 Å². The third kappa shape index (κ3) is 3.24. The number of rotatable bonds is 1. The first-order chi connectivity index (χ1) is 4.30. The average Bonchev–Trinajstić information content (AvgIpc) is 1.90. The Labute approximate surface area is 89.9 Å². The van der Waals surface area contributed by atoms with Crippen LogP contribution in [-0.4, -0.2) is 0 Å². The maximum Gasteiger partial charge on any atom is 0 e. The molecule has 51 valence electrons. The second-order valence-corrected chi connectivity index (χ2v) is 3.20. The molecule has 1 aromatic carbocycles. The van der Waals surface area contributed by atoms with E-state index in [1.165, 1.54) is 5.56 Å². The van der Waals surface area contributed by atoms with Gasteiger partial charge in [0.2, 0.25) is 0 Å². The van der Waals surface area contributed by atoms with E-state index >= 15 is 0 Å². The molecule has 0 saturated carbocycles. The van der Waals surface area contributed by atoms with Gasteiger partial charge in [0.05, 0.1) is 0 Å². The predicted octanol–water partition coefficient (Wildman–Crippen LogP) is 2.62. The van der Waals surface area contributed by atoms with Gasteiger partial charge in [-0.15, -0.1) is 9.24 Å². The van der Waals surface area contributed by atoms with Crippen molar-refractivity contribution in [2.75, 3.05) is 0 Å². The van der Waals surface area contributed by atoms with E-state index in [0.29, 0.717) is 5.66 Å². The maximum absolute atomic E-state index is 2.77. The van der Waals surface area contributed by atoms with E-state index < -0.39 is 0 Å². The maximum atomic E-state index is 2.77. The molecular weight excluding hydrogens is 216 g/mol. The summed E-state index contributed by atoms with van der Waals surface area (Å²) in [6, 6.07) is 10.4. The van der Waals surface area contributed by atoms with Crippen LogP contribution in [0.3, 0.4) is 0 Å². The zero-order valence-corrected chi connectivity index (χ0v) is 10.1. The Morgan fingerprint density at radius 3 is 2.00 bits per heavy atom. The van der Waals surface area contributed by atoms with Crippen LogP contribution in [0.4, 0.5) is 0 Å². The first-order valence-electron chi connectivity index (χ1n) is 3.11. The summed E-state index contributed by atoms with van der Waals surface area (Å²) in [4.78, 5) is 0. The van der Waals surface area contributed by atoms with Crippen LogP contribution in [0.5, 0.6) is 0 Å². The third-order valence-corrected chi connectivity index (χ3v) is 1.71. The van der Waals surface area contributed by atoms with Crippen LogP contribution in [0.25, 0.3) is 0 Å². The summed E-state index contributed by atoms with van der Waals surface area (Å²) >= 11 is 0. The molecule has 1 aromatic rings. The minimum Gasteiger partial charge on any atom is -0.130 e. The van der Waals surface area contributed by atoms with Crippen molar-refractivity contribution in [2.45, 2.75) is 12.6 Å². The van der Waals surface area contributed by atoms with Gasteiger partial charge in [0.25, 0.3) is 0 Å². The molecule has 2 heteroatoms. The summed E-state index contributed by atoms with van der Waals surface area (Å²) in [6.45, 7) is 2.17. The second kappa shape index (κ2) is 5.41. The average molecular weight is 227 g/mol. The number of benzene rings is 1. The first-order valence-corrected chi connectivity index (χ1v) is 3.78. The molecule has 2 atom stereocenters. The van der Waals surface area contributed by atoms with Gasteiger partial charge in [0, 0.05) is 32.7 Å². The Kier molecular flexibility index (Phi) is 5.82. The van der Waals surface area contributed by atoms with Crippen LogP contribution in [0, 0.1) is 0 Å². The monoisotopic (exact) mass is 227 g/mol. The fourth-order valence-electron chi connectivity index (χ4n) is 0.757. The van der Waals surface area contributed by atoms with Crippen LogP contribution in [0.15, 0.2) is 30.3 Å². The molecule has 0 heterocycles. The standard InChI is InChI=1S/C8H11P.Y/c1-7(9)8-5-3-2-4-6-8;/h2-7H,9H2,1H3;. The van der Waals surface area contributed by atoms with Gasteiger partial charge in [-0.1, -0.05) is 37.3 Å². The van der Waals surface area contributed by atoms with Gasteiger partial charge in [0.15, 0.2) is 0 Å². The summed E-state index contributed by atoms with van der Waals surface area (Å²) in [7, 11) is 2.77. The van der Waals surface area contributed by atoms with Crippen molar-refractivity contribution < 1.29 is 32.7 Å². The van der Waals surface area contributed by atoms with E-state index in [-0.39, 0.29) is 32.7 Å². The van der Waals surface area contributed by atoms with Crippen molar-refractivity contribution in [3.63, 3.8) is 0 Å². The fraction of sp³-hybridized carbons (Fsp3) is 0.250. The molecular formula is C8H11PY. The fourth-order valence-corrected chi connectivity index (χ4v) is 0.979. The van der Waals surface area contributed by atoms with Gasteiger partial charge in [-0.05, 0) is 11.2 Å². The van der Waals surface area contributed by atoms with Crippen molar-refractivity contribution in [1.82, 2.24) is 0 Å². The molecule has 0 aliphatic carbocycles. The molecule has 10 heavy (non-hydrogen) atoms. The molecule has 0 aliphatic heterocycles. The summed E-state index contributed by atoms with van der Waals surface area (Å²) < 4.78 is 0. The van der Waals surface area contributed by atoms with Crippen LogP contribution < -0.4 is 0 Å². The summed E-state index contributed by atoms with van der Waals surface area (Å²) in [6.07, 6.45) is 0. The van der Waals surface area contributed by atoms with Crippen LogP contribution >= 0.6 is 9.24 Å². The van der Waals surface area contributed by atoms with E-state index in [1.54, 1.807) is 0 Å². The van der Waals surface area contributed by atoms with Crippen LogP contribution in [0.1, 0.15) is 18.1 Å².